The monoisotopic (exact) mass is 642 g/mol. The van der Waals surface area contributed by atoms with E-state index in [9.17, 15) is 0 Å². The third-order valence-corrected chi connectivity index (χ3v) is 12.4. The van der Waals surface area contributed by atoms with Crippen LogP contribution in [-0.2, 0) is 10.8 Å². The third-order valence-electron chi connectivity index (χ3n) is 11.2. The van der Waals surface area contributed by atoms with Gasteiger partial charge in [0.2, 0.25) is 0 Å². The molecule has 0 atom stereocenters. The van der Waals surface area contributed by atoms with Crippen LogP contribution in [0.1, 0.15) is 47.2 Å². The van der Waals surface area contributed by atoms with Crippen molar-refractivity contribution in [3.05, 3.63) is 203 Å². The summed E-state index contributed by atoms with van der Waals surface area (Å²) in [7, 11) is 0. The number of hydrogen-bond donors (Lipinski definition) is 0. The van der Waals surface area contributed by atoms with Crippen LogP contribution in [0.25, 0.3) is 43.8 Å². The maximum absolute atomic E-state index is 2.49. The van der Waals surface area contributed by atoms with Gasteiger partial charge in [-0.2, -0.15) is 0 Å². The zero-order chi connectivity index (χ0) is 32.7. The summed E-state index contributed by atoms with van der Waals surface area (Å²) < 4.78 is 0. The van der Waals surface area contributed by atoms with E-state index in [2.05, 4.69) is 184 Å². The average Bonchev–Trinajstić information content (AvgIpc) is 3.40. The predicted octanol–water partition coefficient (Wildman–Crippen LogP) is 12.8. The fourth-order valence-electron chi connectivity index (χ4n) is 8.94. The highest BCUT2D eigenvalue weighted by molar-refractivity contribution is 7.99. The summed E-state index contributed by atoms with van der Waals surface area (Å²) >= 11 is 1.95. The first-order valence-electron chi connectivity index (χ1n) is 17.2. The largest absolute Gasteiger partial charge is 0.0887 e. The Labute approximate surface area is 292 Å². The Morgan fingerprint density at radius 1 is 0.429 bits per heavy atom. The highest BCUT2D eigenvalue weighted by Crippen LogP contribution is 2.62. The van der Waals surface area contributed by atoms with Crippen LogP contribution in [0.4, 0.5) is 0 Å². The minimum absolute atomic E-state index is 0.151. The summed E-state index contributed by atoms with van der Waals surface area (Å²) in [5.41, 5.74) is 12.8. The van der Waals surface area contributed by atoms with E-state index in [1.807, 2.05) is 11.8 Å². The smallest absolute Gasteiger partial charge is 0.0723 e. The van der Waals surface area contributed by atoms with Crippen molar-refractivity contribution in [1.82, 2.24) is 0 Å². The van der Waals surface area contributed by atoms with E-state index in [1.54, 1.807) is 0 Å². The molecule has 8 aromatic carbocycles. The van der Waals surface area contributed by atoms with Crippen molar-refractivity contribution in [3.8, 4) is 22.3 Å². The second-order valence-corrected chi connectivity index (χ2v) is 15.1. The van der Waals surface area contributed by atoms with E-state index in [1.165, 1.54) is 87.0 Å². The van der Waals surface area contributed by atoms with Crippen molar-refractivity contribution in [2.75, 3.05) is 0 Å². The Hall–Kier alpha value is -5.37. The lowest BCUT2D eigenvalue weighted by molar-refractivity contribution is 0.655. The minimum atomic E-state index is -0.439. The molecule has 0 amide bonds. The highest BCUT2D eigenvalue weighted by Gasteiger charge is 2.47. The standard InChI is InChI=1S/C48H34S/c1-47(2)41-27-28-42-46(49-44-24-14-13-23-40(44)48(42,33-16-5-3-6-17-33)34-18-7-4-8-19-34)45(41)38-26-25-32(30-43(38)47)39-29-31-15-9-10-20-35(31)36-21-11-12-22-37(36)39/h3-30H,1-2H3. The van der Waals surface area contributed by atoms with E-state index in [-0.39, 0.29) is 5.41 Å². The molecule has 0 spiro atoms. The number of rotatable bonds is 3. The number of fused-ring (bicyclic) bond motifs is 9. The molecule has 0 fully saturated rings. The molecule has 10 rings (SSSR count). The molecule has 1 heterocycles. The topological polar surface area (TPSA) is 0 Å². The molecule has 232 valence electrons. The summed E-state index contributed by atoms with van der Waals surface area (Å²) in [5.74, 6) is 0. The number of hydrogen-bond acceptors (Lipinski definition) is 1. The second-order valence-electron chi connectivity index (χ2n) is 14.0. The zero-order valence-electron chi connectivity index (χ0n) is 27.6. The second kappa shape index (κ2) is 10.6. The van der Waals surface area contributed by atoms with Gasteiger partial charge in [0.1, 0.15) is 0 Å². The first-order valence-corrected chi connectivity index (χ1v) is 18.0. The van der Waals surface area contributed by atoms with Crippen LogP contribution in [0.5, 0.6) is 0 Å². The summed E-state index contributed by atoms with van der Waals surface area (Å²) in [4.78, 5) is 2.70. The molecule has 0 bridgehead atoms. The zero-order valence-corrected chi connectivity index (χ0v) is 28.4. The molecule has 8 aromatic rings. The molecule has 0 saturated carbocycles. The Kier molecular flexibility index (Phi) is 6.17. The quantitative estimate of drug-likeness (QED) is 0.173. The summed E-state index contributed by atoms with van der Waals surface area (Å²) in [6.45, 7) is 4.82. The van der Waals surface area contributed by atoms with Crippen LogP contribution in [0.3, 0.4) is 0 Å². The van der Waals surface area contributed by atoms with Gasteiger partial charge in [0.05, 0.1) is 5.41 Å². The molecule has 0 nitrogen and oxygen atoms in total. The molecule has 0 N–H and O–H groups in total. The summed E-state index contributed by atoms with van der Waals surface area (Å²) in [6.07, 6.45) is 0. The van der Waals surface area contributed by atoms with E-state index < -0.39 is 5.41 Å². The van der Waals surface area contributed by atoms with E-state index in [0.29, 0.717) is 0 Å². The van der Waals surface area contributed by atoms with Gasteiger partial charge >= 0.3 is 0 Å². The Morgan fingerprint density at radius 3 is 1.80 bits per heavy atom. The lowest BCUT2D eigenvalue weighted by atomic mass is 9.64. The SMILES string of the molecule is CC1(C)c2cc(-c3cc4ccccc4c4ccccc34)ccc2-c2c1ccc1c2Sc2ccccc2C1(c1ccccc1)c1ccccc1. The maximum atomic E-state index is 2.49. The maximum Gasteiger partial charge on any atom is 0.0723 e. The molecule has 0 aromatic heterocycles. The van der Waals surface area contributed by atoms with Crippen molar-refractivity contribution in [2.24, 2.45) is 0 Å². The first kappa shape index (κ1) is 28.6. The van der Waals surface area contributed by atoms with Gasteiger partial charge in [0, 0.05) is 20.8 Å². The Morgan fingerprint density at radius 2 is 1.04 bits per heavy atom. The molecular formula is C48H34S. The van der Waals surface area contributed by atoms with Gasteiger partial charge in [0.25, 0.3) is 0 Å². The molecular weight excluding hydrogens is 609 g/mol. The third kappa shape index (κ3) is 3.94. The van der Waals surface area contributed by atoms with Gasteiger partial charge in [-0.15, -0.1) is 0 Å². The van der Waals surface area contributed by atoms with Gasteiger partial charge in [0.15, 0.2) is 0 Å². The molecule has 0 unspecified atom stereocenters. The lowest BCUT2D eigenvalue weighted by Gasteiger charge is -2.42. The van der Waals surface area contributed by atoms with Crippen molar-refractivity contribution in [1.29, 1.82) is 0 Å². The van der Waals surface area contributed by atoms with Crippen molar-refractivity contribution >= 4 is 33.3 Å². The molecule has 0 radical (unpaired) electrons. The molecule has 1 aliphatic heterocycles. The van der Waals surface area contributed by atoms with Crippen LogP contribution in [0, 0.1) is 0 Å². The van der Waals surface area contributed by atoms with Gasteiger partial charge in [-0.25, -0.2) is 0 Å². The molecule has 49 heavy (non-hydrogen) atoms. The van der Waals surface area contributed by atoms with Gasteiger partial charge in [-0.1, -0.05) is 177 Å². The van der Waals surface area contributed by atoms with E-state index in [4.69, 9.17) is 0 Å². The first-order chi connectivity index (χ1) is 24.1. The van der Waals surface area contributed by atoms with E-state index in [0.717, 1.165) is 0 Å². The fraction of sp³-hybridized carbons (Fsp3) is 0.0833. The molecule has 1 heteroatoms. The summed E-state index contributed by atoms with van der Waals surface area (Å²) in [6, 6.07) is 63.5. The van der Waals surface area contributed by atoms with Crippen LogP contribution >= 0.6 is 11.8 Å². The highest BCUT2D eigenvalue weighted by atomic mass is 32.2. The average molecular weight is 643 g/mol. The lowest BCUT2D eigenvalue weighted by Crippen LogP contribution is -2.34. The van der Waals surface area contributed by atoms with Crippen LogP contribution in [0.15, 0.2) is 180 Å². The fourth-order valence-corrected chi connectivity index (χ4v) is 10.3. The van der Waals surface area contributed by atoms with Crippen molar-refractivity contribution < 1.29 is 0 Å². The molecule has 1 aliphatic carbocycles. The van der Waals surface area contributed by atoms with Crippen LogP contribution in [0.2, 0.25) is 0 Å². The van der Waals surface area contributed by atoms with Crippen molar-refractivity contribution in [2.45, 2.75) is 34.5 Å². The Bertz CT molecular complexity index is 2550. The van der Waals surface area contributed by atoms with Gasteiger partial charge < -0.3 is 0 Å². The molecule has 0 saturated heterocycles. The minimum Gasteiger partial charge on any atom is -0.0887 e. The predicted molar refractivity (Wildman–Crippen MR) is 207 cm³/mol. The van der Waals surface area contributed by atoms with Gasteiger partial charge in [-0.3, -0.25) is 0 Å². The van der Waals surface area contributed by atoms with Crippen LogP contribution < -0.4 is 0 Å². The number of benzene rings is 8. The summed E-state index contributed by atoms with van der Waals surface area (Å²) in [5, 5.41) is 5.19. The van der Waals surface area contributed by atoms with E-state index >= 15 is 0 Å². The van der Waals surface area contributed by atoms with Crippen molar-refractivity contribution in [3.63, 3.8) is 0 Å². The van der Waals surface area contributed by atoms with Gasteiger partial charge in [-0.05, 0) is 89.8 Å². The van der Waals surface area contributed by atoms with Crippen LogP contribution in [-0.4, -0.2) is 0 Å². The Balaban J connectivity index is 1.25. The molecule has 2 aliphatic rings. The normalized spacial score (nSPS) is 15.0.